The molecule has 2 aromatic rings. The summed E-state index contributed by atoms with van der Waals surface area (Å²) in [5.41, 5.74) is 4.49. The molecule has 0 saturated carbocycles. The monoisotopic (exact) mass is 450 g/mol. The molecule has 2 amide bonds. The summed E-state index contributed by atoms with van der Waals surface area (Å²) >= 11 is 0. The molecule has 33 heavy (non-hydrogen) atoms. The van der Waals surface area contributed by atoms with Crippen LogP contribution in [0.2, 0.25) is 0 Å². The van der Waals surface area contributed by atoms with Gasteiger partial charge in [-0.25, -0.2) is 4.79 Å². The lowest BCUT2D eigenvalue weighted by Gasteiger charge is -2.26. The number of alkyl carbamates (subject to hydrolysis) is 1. The van der Waals surface area contributed by atoms with E-state index in [4.69, 9.17) is 9.84 Å². The van der Waals surface area contributed by atoms with Crippen LogP contribution in [0.15, 0.2) is 61.2 Å². The van der Waals surface area contributed by atoms with Crippen molar-refractivity contribution < 1.29 is 24.2 Å². The minimum atomic E-state index is -0.978. The van der Waals surface area contributed by atoms with E-state index in [0.29, 0.717) is 19.4 Å². The number of hydrogen-bond donors (Lipinski definition) is 2. The molecule has 0 spiro atoms. The van der Waals surface area contributed by atoms with Crippen molar-refractivity contribution in [1.82, 2.24) is 10.2 Å². The number of nitrogens with one attached hydrogen (secondary N) is 1. The van der Waals surface area contributed by atoms with Crippen molar-refractivity contribution >= 4 is 18.0 Å². The third-order valence-corrected chi connectivity index (χ3v) is 5.88. The molecule has 7 nitrogen and oxygen atoms in total. The van der Waals surface area contributed by atoms with Crippen LogP contribution < -0.4 is 5.32 Å². The minimum absolute atomic E-state index is 0.0758. The second kappa shape index (κ2) is 11.3. The van der Waals surface area contributed by atoms with Crippen LogP contribution in [-0.4, -0.2) is 53.7 Å². The number of amides is 2. The Morgan fingerprint density at radius 1 is 1.12 bits per heavy atom. The highest BCUT2D eigenvalue weighted by molar-refractivity contribution is 5.86. The zero-order valence-electron chi connectivity index (χ0n) is 18.8. The first-order valence-electron chi connectivity index (χ1n) is 11.2. The van der Waals surface area contributed by atoms with E-state index >= 15 is 0 Å². The largest absolute Gasteiger partial charge is 0.481 e. The molecule has 174 valence electrons. The summed E-state index contributed by atoms with van der Waals surface area (Å²) in [6, 6.07) is 15.3. The Morgan fingerprint density at radius 3 is 2.27 bits per heavy atom. The van der Waals surface area contributed by atoms with E-state index in [0.717, 1.165) is 22.3 Å². The Labute approximate surface area is 194 Å². The highest BCUT2D eigenvalue weighted by Crippen LogP contribution is 2.44. The van der Waals surface area contributed by atoms with Crippen LogP contribution in [0.4, 0.5) is 4.79 Å². The molecule has 0 fully saturated rings. The van der Waals surface area contributed by atoms with Crippen LogP contribution in [-0.2, 0) is 14.3 Å². The standard InChI is InChI=1S/C26H30N2O5/c1-3-5-14-23(25(31)28(4-2)16-15-24(29)30)27-26(32)33-17-22-20-12-8-6-10-18(20)19-11-7-9-13-21(19)22/h3,6-13,22-23H,1,4-5,14-17H2,2H3,(H,27,32)(H,29,30). The van der Waals surface area contributed by atoms with Crippen molar-refractivity contribution in [2.45, 2.75) is 38.1 Å². The van der Waals surface area contributed by atoms with E-state index in [1.807, 2.05) is 36.4 Å². The van der Waals surface area contributed by atoms with Gasteiger partial charge in [-0.2, -0.15) is 0 Å². The van der Waals surface area contributed by atoms with E-state index in [1.54, 1.807) is 13.0 Å². The molecule has 0 aromatic heterocycles. The van der Waals surface area contributed by atoms with Gasteiger partial charge in [0.15, 0.2) is 0 Å². The van der Waals surface area contributed by atoms with Gasteiger partial charge in [-0.1, -0.05) is 54.6 Å². The van der Waals surface area contributed by atoms with Crippen LogP contribution >= 0.6 is 0 Å². The molecule has 0 radical (unpaired) electrons. The number of carboxylic acids is 1. The summed E-state index contributed by atoms with van der Waals surface area (Å²) in [7, 11) is 0. The number of carbonyl (C=O) groups is 3. The van der Waals surface area contributed by atoms with Gasteiger partial charge in [-0.15, -0.1) is 6.58 Å². The van der Waals surface area contributed by atoms with Crippen molar-refractivity contribution in [2.24, 2.45) is 0 Å². The SMILES string of the molecule is C=CCCC(NC(=O)OCC1c2ccccc2-c2ccccc21)C(=O)N(CC)CCC(=O)O. The maximum Gasteiger partial charge on any atom is 0.407 e. The molecule has 1 unspecified atom stereocenters. The summed E-state index contributed by atoms with van der Waals surface area (Å²) < 4.78 is 5.57. The maximum absolute atomic E-state index is 12.9. The van der Waals surface area contributed by atoms with Gasteiger partial charge in [0.05, 0.1) is 6.42 Å². The van der Waals surface area contributed by atoms with E-state index in [2.05, 4.69) is 24.0 Å². The zero-order valence-corrected chi connectivity index (χ0v) is 18.8. The van der Waals surface area contributed by atoms with Gasteiger partial charge in [0.2, 0.25) is 5.91 Å². The van der Waals surface area contributed by atoms with Gasteiger partial charge in [0.25, 0.3) is 0 Å². The molecule has 1 aliphatic carbocycles. The summed E-state index contributed by atoms with van der Waals surface area (Å²) in [6.45, 7) is 6.04. The predicted molar refractivity (Wildman–Crippen MR) is 126 cm³/mol. The first kappa shape index (κ1) is 24.0. The van der Waals surface area contributed by atoms with Crippen molar-refractivity contribution in [3.63, 3.8) is 0 Å². The Hall–Kier alpha value is -3.61. The lowest BCUT2D eigenvalue weighted by atomic mass is 9.98. The number of hydrogen-bond acceptors (Lipinski definition) is 4. The molecule has 3 rings (SSSR count). The van der Waals surface area contributed by atoms with Crippen LogP contribution in [0.1, 0.15) is 43.2 Å². The Bertz CT molecular complexity index is 974. The normalized spacial score (nSPS) is 12.9. The zero-order chi connectivity index (χ0) is 23.8. The van der Waals surface area contributed by atoms with Crippen molar-refractivity contribution in [3.05, 3.63) is 72.3 Å². The van der Waals surface area contributed by atoms with Gasteiger partial charge >= 0.3 is 12.1 Å². The number of fused-ring (bicyclic) bond motifs is 3. The van der Waals surface area contributed by atoms with E-state index in [-0.39, 0.29) is 31.4 Å². The van der Waals surface area contributed by atoms with E-state index < -0.39 is 18.1 Å². The van der Waals surface area contributed by atoms with Crippen LogP contribution in [0.25, 0.3) is 11.1 Å². The fourth-order valence-corrected chi connectivity index (χ4v) is 4.20. The number of aliphatic carboxylic acids is 1. The smallest absolute Gasteiger partial charge is 0.407 e. The predicted octanol–water partition coefficient (Wildman–Crippen LogP) is 4.18. The molecule has 7 heteroatoms. The van der Waals surface area contributed by atoms with Crippen molar-refractivity contribution in [1.29, 1.82) is 0 Å². The molecule has 1 atom stereocenters. The van der Waals surface area contributed by atoms with E-state index in [9.17, 15) is 14.4 Å². The Balaban J connectivity index is 1.66. The fraction of sp³-hybridized carbons (Fsp3) is 0.346. The fourth-order valence-electron chi connectivity index (χ4n) is 4.20. The van der Waals surface area contributed by atoms with E-state index in [1.165, 1.54) is 4.90 Å². The molecule has 2 N–H and O–H groups in total. The first-order valence-corrected chi connectivity index (χ1v) is 11.2. The highest BCUT2D eigenvalue weighted by Gasteiger charge is 2.30. The molecule has 0 aliphatic heterocycles. The topological polar surface area (TPSA) is 95.9 Å². The number of allylic oxidation sites excluding steroid dienone is 1. The maximum atomic E-state index is 12.9. The number of likely N-dealkylation sites (N-methyl/N-ethyl adjacent to an activating group) is 1. The molecular formula is C26H30N2O5. The lowest BCUT2D eigenvalue weighted by molar-refractivity contribution is -0.139. The molecule has 2 aromatic carbocycles. The quantitative estimate of drug-likeness (QED) is 0.501. The average Bonchev–Trinajstić information content (AvgIpc) is 3.14. The molecular weight excluding hydrogens is 420 g/mol. The van der Waals surface area contributed by atoms with Crippen LogP contribution in [0, 0.1) is 0 Å². The summed E-state index contributed by atoms with van der Waals surface area (Å²) in [5.74, 6) is -1.38. The van der Waals surface area contributed by atoms with Gasteiger partial charge in [0, 0.05) is 19.0 Å². The number of nitrogens with zero attached hydrogens (tertiary/aromatic N) is 1. The van der Waals surface area contributed by atoms with Gasteiger partial charge < -0.3 is 20.1 Å². The number of carboxylic acid groups (broad SMARTS) is 1. The van der Waals surface area contributed by atoms with Crippen molar-refractivity contribution in [3.8, 4) is 11.1 Å². The number of carbonyl (C=O) groups excluding carboxylic acids is 2. The van der Waals surface area contributed by atoms with Gasteiger partial charge in [-0.3, -0.25) is 9.59 Å². The second-order valence-electron chi connectivity index (χ2n) is 7.95. The van der Waals surface area contributed by atoms with Crippen LogP contribution in [0.3, 0.4) is 0 Å². The minimum Gasteiger partial charge on any atom is -0.481 e. The van der Waals surface area contributed by atoms with Gasteiger partial charge in [-0.05, 0) is 42.0 Å². The molecule has 1 aliphatic rings. The molecule has 0 saturated heterocycles. The molecule has 0 bridgehead atoms. The third-order valence-electron chi connectivity index (χ3n) is 5.88. The Kier molecular flexibility index (Phi) is 8.24. The van der Waals surface area contributed by atoms with Crippen LogP contribution in [0.5, 0.6) is 0 Å². The third kappa shape index (κ3) is 5.80. The summed E-state index contributed by atoms with van der Waals surface area (Å²) in [6.07, 6.45) is 1.73. The molecule has 0 heterocycles. The number of benzene rings is 2. The lowest BCUT2D eigenvalue weighted by Crippen LogP contribution is -2.49. The highest BCUT2D eigenvalue weighted by atomic mass is 16.5. The summed E-state index contributed by atoms with van der Waals surface area (Å²) in [4.78, 5) is 37.9. The Morgan fingerprint density at radius 2 is 1.73 bits per heavy atom. The van der Waals surface area contributed by atoms with Crippen molar-refractivity contribution in [2.75, 3.05) is 19.7 Å². The number of rotatable bonds is 11. The average molecular weight is 451 g/mol. The first-order chi connectivity index (χ1) is 16.0. The summed E-state index contributed by atoms with van der Waals surface area (Å²) in [5, 5.41) is 11.6. The van der Waals surface area contributed by atoms with Gasteiger partial charge in [0.1, 0.15) is 12.6 Å². The second-order valence-corrected chi connectivity index (χ2v) is 7.95. The number of ether oxygens (including phenoxy) is 1.